The molecule has 0 rings (SSSR count). The number of nitrogens with two attached hydrogens (primary N) is 1. The first-order valence-electron chi connectivity index (χ1n) is 2.81. The lowest BCUT2D eigenvalue weighted by Crippen LogP contribution is -2.04. The van der Waals surface area contributed by atoms with E-state index in [4.69, 9.17) is 5.73 Å². The monoisotopic (exact) mass is 129 g/mol. The summed E-state index contributed by atoms with van der Waals surface area (Å²) in [5.74, 6) is -0.268. The highest BCUT2D eigenvalue weighted by Crippen LogP contribution is 1.89. The van der Waals surface area contributed by atoms with Crippen LogP contribution in [0.4, 0.5) is 0 Å². The van der Waals surface area contributed by atoms with E-state index in [0.29, 0.717) is 19.4 Å². The summed E-state index contributed by atoms with van der Waals surface area (Å²) in [5, 5.41) is 0. The fraction of sp³-hybridized carbons (Fsp3) is 0.500. The van der Waals surface area contributed by atoms with Gasteiger partial charge >= 0.3 is 5.97 Å². The maximum atomic E-state index is 10.5. The van der Waals surface area contributed by atoms with Crippen LogP contribution >= 0.6 is 0 Å². The van der Waals surface area contributed by atoms with Gasteiger partial charge in [-0.05, 0) is 13.0 Å². The van der Waals surface area contributed by atoms with Crippen LogP contribution in [0.15, 0.2) is 12.8 Å². The van der Waals surface area contributed by atoms with E-state index < -0.39 is 0 Å². The highest BCUT2D eigenvalue weighted by atomic mass is 16.5. The van der Waals surface area contributed by atoms with Crippen LogP contribution in [-0.4, -0.2) is 12.5 Å². The van der Waals surface area contributed by atoms with Crippen molar-refractivity contribution in [3.8, 4) is 0 Å². The molecule has 0 heterocycles. The van der Waals surface area contributed by atoms with Crippen molar-refractivity contribution in [1.29, 1.82) is 0 Å². The highest BCUT2D eigenvalue weighted by molar-refractivity contribution is 5.69. The Hall–Kier alpha value is -0.830. The lowest BCUT2D eigenvalue weighted by molar-refractivity contribution is -0.138. The molecule has 52 valence electrons. The zero-order valence-electron chi connectivity index (χ0n) is 5.30. The number of rotatable bonds is 4. The minimum atomic E-state index is -0.268. The van der Waals surface area contributed by atoms with E-state index >= 15 is 0 Å². The van der Waals surface area contributed by atoms with Crippen LogP contribution in [0.3, 0.4) is 0 Å². The normalized spacial score (nSPS) is 8.56. The summed E-state index contributed by atoms with van der Waals surface area (Å²) in [5.41, 5.74) is 5.14. The van der Waals surface area contributed by atoms with Gasteiger partial charge < -0.3 is 10.5 Å². The van der Waals surface area contributed by atoms with Crippen LogP contribution in [-0.2, 0) is 9.53 Å². The second-order valence-electron chi connectivity index (χ2n) is 1.55. The van der Waals surface area contributed by atoms with Gasteiger partial charge in [-0.2, -0.15) is 0 Å². The van der Waals surface area contributed by atoms with Crippen molar-refractivity contribution in [3.05, 3.63) is 12.8 Å². The summed E-state index contributed by atoms with van der Waals surface area (Å²) in [6.07, 6.45) is 2.17. The fourth-order valence-electron chi connectivity index (χ4n) is 0.398. The highest BCUT2D eigenvalue weighted by Gasteiger charge is 1.96. The third kappa shape index (κ3) is 5.03. The molecule has 0 radical (unpaired) electrons. The fourth-order valence-corrected chi connectivity index (χ4v) is 0.398. The maximum Gasteiger partial charge on any atom is 0.310 e. The molecule has 9 heavy (non-hydrogen) atoms. The van der Waals surface area contributed by atoms with Crippen molar-refractivity contribution in [2.45, 2.75) is 12.8 Å². The molecule has 0 aliphatic carbocycles. The molecule has 0 unspecified atom stereocenters. The zero-order chi connectivity index (χ0) is 7.11. The molecule has 2 N–H and O–H groups in total. The Bertz CT molecular complexity index is 101. The Balaban J connectivity index is 3.16. The van der Waals surface area contributed by atoms with Gasteiger partial charge in [0.2, 0.25) is 0 Å². The van der Waals surface area contributed by atoms with Crippen molar-refractivity contribution in [3.63, 3.8) is 0 Å². The summed E-state index contributed by atoms with van der Waals surface area (Å²) >= 11 is 0. The molecule has 3 heteroatoms. The number of hydrogen-bond donors (Lipinski definition) is 1. The molecular weight excluding hydrogens is 118 g/mol. The van der Waals surface area contributed by atoms with Gasteiger partial charge in [-0.3, -0.25) is 4.79 Å². The molecule has 0 aliphatic heterocycles. The van der Waals surface area contributed by atoms with Gasteiger partial charge in [-0.15, -0.1) is 0 Å². The van der Waals surface area contributed by atoms with E-state index in [1.807, 2.05) is 0 Å². The van der Waals surface area contributed by atoms with E-state index in [-0.39, 0.29) is 5.97 Å². The number of esters is 1. The third-order valence-electron chi connectivity index (χ3n) is 0.800. The van der Waals surface area contributed by atoms with Crippen LogP contribution < -0.4 is 5.73 Å². The van der Waals surface area contributed by atoms with E-state index in [1.165, 1.54) is 0 Å². The van der Waals surface area contributed by atoms with Gasteiger partial charge in [0.05, 0.1) is 6.26 Å². The average Bonchev–Trinajstić information content (AvgIpc) is 1.85. The minimum absolute atomic E-state index is 0.268. The number of carbonyl (C=O) groups excluding carboxylic acids is 1. The molecular formula is C6H11NO2. The summed E-state index contributed by atoms with van der Waals surface area (Å²) in [6.45, 7) is 3.75. The summed E-state index contributed by atoms with van der Waals surface area (Å²) in [6, 6.07) is 0. The molecule has 0 amide bonds. The van der Waals surface area contributed by atoms with Gasteiger partial charge in [-0.1, -0.05) is 6.58 Å². The number of carbonyl (C=O) groups is 1. The first kappa shape index (κ1) is 8.17. The van der Waals surface area contributed by atoms with E-state index in [0.717, 1.165) is 6.26 Å². The zero-order valence-corrected chi connectivity index (χ0v) is 5.30. The molecule has 3 nitrogen and oxygen atoms in total. The molecule has 0 aromatic rings. The maximum absolute atomic E-state index is 10.5. The molecule has 0 fully saturated rings. The molecule has 0 aromatic carbocycles. The van der Waals surface area contributed by atoms with Crippen LogP contribution in [0.2, 0.25) is 0 Å². The predicted molar refractivity (Wildman–Crippen MR) is 34.6 cm³/mol. The Morgan fingerprint density at radius 1 is 1.78 bits per heavy atom. The van der Waals surface area contributed by atoms with Gasteiger partial charge in [0.15, 0.2) is 0 Å². The van der Waals surface area contributed by atoms with Crippen molar-refractivity contribution in [2.75, 3.05) is 6.54 Å². The van der Waals surface area contributed by atoms with E-state index in [2.05, 4.69) is 11.3 Å². The largest absolute Gasteiger partial charge is 0.435 e. The average molecular weight is 129 g/mol. The quantitative estimate of drug-likeness (QED) is 0.442. The van der Waals surface area contributed by atoms with Crippen molar-refractivity contribution >= 4 is 5.97 Å². The van der Waals surface area contributed by atoms with Gasteiger partial charge in [0.25, 0.3) is 0 Å². The third-order valence-corrected chi connectivity index (χ3v) is 0.800. The van der Waals surface area contributed by atoms with Gasteiger partial charge in [0.1, 0.15) is 0 Å². The van der Waals surface area contributed by atoms with E-state index in [9.17, 15) is 4.79 Å². The molecule has 0 saturated heterocycles. The number of hydrogen-bond acceptors (Lipinski definition) is 3. The minimum Gasteiger partial charge on any atom is -0.435 e. The Labute approximate surface area is 54.5 Å². The van der Waals surface area contributed by atoms with Crippen molar-refractivity contribution < 1.29 is 9.53 Å². The number of ether oxygens (including phenoxy) is 1. The second-order valence-corrected chi connectivity index (χ2v) is 1.55. The molecule has 0 bridgehead atoms. The summed E-state index contributed by atoms with van der Waals surface area (Å²) in [4.78, 5) is 10.5. The van der Waals surface area contributed by atoms with Gasteiger partial charge in [-0.25, -0.2) is 0 Å². The summed E-state index contributed by atoms with van der Waals surface area (Å²) < 4.78 is 4.41. The Kier molecular flexibility index (Phi) is 4.82. The van der Waals surface area contributed by atoms with Crippen LogP contribution in [0.1, 0.15) is 12.8 Å². The molecule has 0 aromatic heterocycles. The van der Waals surface area contributed by atoms with Gasteiger partial charge in [0, 0.05) is 6.42 Å². The lowest BCUT2D eigenvalue weighted by Gasteiger charge is -1.94. The lowest BCUT2D eigenvalue weighted by atomic mass is 10.3. The van der Waals surface area contributed by atoms with Crippen LogP contribution in [0.5, 0.6) is 0 Å². The topological polar surface area (TPSA) is 52.3 Å². The first-order valence-corrected chi connectivity index (χ1v) is 2.81. The van der Waals surface area contributed by atoms with Crippen LogP contribution in [0.25, 0.3) is 0 Å². The van der Waals surface area contributed by atoms with E-state index in [1.54, 1.807) is 0 Å². The standard InChI is InChI=1S/C6H11NO2/c1-2-9-6(8)4-3-5-7/h2H,1,3-5,7H2. The molecule has 0 saturated carbocycles. The van der Waals surface area contributed by atoms with Crippen molar-refractivity contribution in [1.82, 2.24) is 0 Å². The first-order chi connectivity index (χ1) is 4.31. The Morgan fingerprint density at radius 3 is 2.89 bits per heavy atom. The second kappa shape index (κ2) is 5.31. The summed E-state index contributed by atoms with van der Waals surface area (Å²) in [7, 11) is 0. The van der Waals surface area contributed by atoms with Crippen molar-refractivity contribution in [2.24, 2.45) is 5.73 Å². The molecule has 0 aliphatic rings. The SMILES string of the molecule is C=COC(=O)CCCN. The smallest absolute Gasteiger partial charge is 0.310 e. The molecule has 0 spiro atoms. The molecule has 0 atom stereocenters. The Morgan fingerprint density at radius 2 is 2.44 bits per heavy atom. The van der Waals surface area contributed by atoms with Crippen LogP contribution in [0, 0.1) is 0 Å². The predicted octanol–water partition coefficient (Wildman–Crippen LogP) is 0.412.